The van der Waals surface area contributed by atoms with Crippen LogP contribution in [0.3, 0.4) is 0 Å². The van der Waals surface area contributed by atoms with Gasteiger partial charge in [0, 0.05) is 17.1 Å². The molecule has 2 heterocycles. The van der Waals surface area contributed by atoms with Crippen molar-refractivity contribution in [2.75, 3.05) is 0 Å². The number of hydrogen-bond acceptors (Lipinski definition) is 5. The Bertz CT molecular complexity index is 1050. The van der Waals surface area contributed by atoms with Crippen molar-refractivity contribution in [3.8, 4) is 5.75 Å². The zero-order valence-corrected chi connectivity index (χ0v) is 16.4. The van der Waals surface area contributed by atoms with Crippen LogP contribution in [0.1, 0.15) is 50.8 Å². The van der Waals surface area contributed by atoms with Crippen LogP contribution in [0.25, 0.3) is 11.0 Å². The van der Waals surface area contributed by atoms with Gasteiger partial charge in [0.15, 0.2) is 0 Å². The van der Waals surface area contributed by atoms with Gasteiger partial charge in [0.05, 0.1) is 20.9 Å². The van der Waals surface area contributed by atoms with Crippen molar-refractivity contribution in [3.63, 3.8) is 0 Å². The van der Waals surface area contributed by atoms with Crippen molar-refractivity contribution in [2.45, 2.75) is 51.6 Å². The highest BCUT2D eigenvalue weighted by molar-refractivity contribution is 7.11. The SMILES string of the molecule is Cc1ncc(COc2ccc3oc(C)c(C(N)=O)c3c2C2(C(F)F)CCC2)s1. The molecule has 4 rings (SSSR count). The Morgan fingerprint density at radius 2 is 2.14 bits per heavy atom. The number of halogens is 2. The lowest BCUT2D eigenvalue weighted by molar-refractivity contribution is -0.0000297. The number of primary amides is 1. The van der Waals surface area contributed by atoms with Gasteiger partial charge >= 0.3 is 0 Å². The van der Waals surface area contributed by atoms with Crippen LogP contribution >= 0.6 is 11.3 Å². The molecule has 0 bridgehead atoms. The molecule has 148 valence electrons. The predicted molar refractivity (Wildman–Crippen MR) is 102 cm³/mol. The highest BCUT2D eigenvalue weighted by Crippen LogP contribution is 2.54. The number of nitrogens with zero attached hydrogens (tertiary/aromatic N) is 1. The number of alkyl halides is 2. The number of thiazole rings is 1. The number of amides is 1. The average molecular weight is 406 g/mol. The summed E-state index contributed by atoms with van der Waals surface area (Å²) in [7, 11) is 0. The molecule has 1 aliphatic carbocycles. The summed E-state index contributed by atoms with van der Waals surface area (Å²) in [6, 6.07) is 3.28. The zero-order chi connectivity index (χ0) is 20.1. The molecule has 0 atom stereocenters. The lowest BCUT2D eigenvalue weighted by atomic mass is 9.63. The number of carbonyl (C=O) groups is 1. The molecule has 0 unspecified atom stereocenters. The van der Waals surface area contributed by atoms with E-state index in [1.807, 2.05) is 6.92 Å². The van der Waals surface area contributed by atoms with Gasteiger partial charge in [0.1, 0.15) is 23.7 Å². The van der Waals surface area contributed by atoms with E-state index in [9.17, 15) is 13.6 Å². The molecule has 1 aromatic carbocycles. The van der Waals surface area contributed by atoms with Gasteiger partial charge in [-0.3, -0.25) is 4.79 Å². The number of rotatable bonds is 6. The van der Waals surface area contributed by atoms with Gasteiger partial charge in [-0.15, -0.1) is 11.3 Å². The Morgan fingerprint density at radius 1 is 1.39 bits per heavy atom. The molecule has 3 aromatic rings. The van der Waals surface area contributed by atoms with Crippen molar-refractivity contribution in [2.24, 2.45) is 5.73 Å². The zero-order valence-electron chi connectivity index (χ0n) is 15.6. The molecule has 0 aliphatic heterocycles. The van der Waals surface area contributed by atoms with E-state index in [0.717, 1.165) is 9.88 Å². The van der Waals surface area contributed by atoms with Crippen LogP contribution in [0, 0.1) is 13.8 Å². The fourth-order valence-corrected chi connectivity index (χ4v) is 4.67. The van der Waals surface area contributed by atoms with Gasteiger partial charge in [0.2, 0.25) is 6.43 Å². The third-order valence-electron chi connectivity index (χ3n) is 5.44. The monoisotopic (exact) mass is 406 g/mol. The minimum Gasteiger partial charge on any atom is -0.488 e. The largest absolute Gasteiger partial charge is 0.488 e. The van der Waals surface area contributed by atoms with Gasteiger partial charge in [-0.1, -0.05) is 6.42 Å². The van der Waals surface area contributed by atoms with Crippen molar-refractivity contribution in [3.05, 3.63) is 45.1 Å². The number of aromatic nitrogens is 1. The number of benzene rings is 1. The highest BCUT2D eigenvalue weighted by atomic mass is 32.1. The number of nitrogens with two attached hydrogens (primary N) is 1. The Kier molecular flexibility index (Phi) is 4.61. The second-order valence-corrected chi connectivity index (χ2v) is 8.47. The van der Waals surface area contributed by atoms with Gasteiger partial charge in [-0.25, -0.2) is 13.8 Å². The lowest BCUT2D eigenvalue weighted by Crippen LogP contribution is -2.42. The summed E-state index contributed by atoms with van der Waals surface area (Å²) in [5, 5.41) is 1.25. The smallest absolute Gasteiger partial charge is 0.252 e. The second-order valence-electron chi connectivity index (χ2n) is 7.15. The number of hydrogen-bond donors (Lipinski definition) is 1. The summed E-state index contributed by atoms with van der Waals surface area (Å²) >= 11 is 1.49. The van der Waals surface area contributed by atoms with E-state index in [1.54, 1.807) is 25.3 Å². The van der Waals surface area contributed by atoms with E-state index < -0.39 is 17.7 Å². The first kappa shape index (κ1) is 18.9. The normalized spacial score (nSPS) is 15.8. The number of carbonyl (C=O) groups excluding carboxylic acids is 1. The number of fused-ring (bicyclic) bond motifs is 1. The molecule has 28 heavy (non-hydrogen) atoms. The first-order chi connectivity index (χ1) is 13.3. The Hall–Kier alpha value is -2.48. The maximum absolute atomic E-state index is 14.2. The van der Waals surface area contributed by atoms with E-state index in [-0.39, 0.29) is 12.2 Å². The molecule has 1 saturated carbocycles. The van der Waals surface area contributed by atoms with Crippen LogP contribution in [0.4, 0.5) is 8.78 Å². The second kappa shape index (κ2) is 6.84. The molecule has 8 heteroatoms. The van der Waals surface area contributed by atoms with E-state index in [0.29, 0.717) is 47.3 Å². The van der Waals surface area contributed by atoms with Gasteiger partial charge < -0.3 is 14.9 Å². The van der Waals surface area contributed by atoms with Crippen molar-refractivity contribution >= 4 is 28.2 Å². The summed E-state index contributed by atoms with van der Waals surface area (Å²) in [5.41, 5.74) is 5.05. The average Bonchev–Trinajstić information content (AvgIpc) is 3.14. The lowest BCUT2D eigenvalue weighted by Gasteiger charge is -2.42. The van der Waals surface area contributed by atoms with Crippen LogP contribution in [-0.4, -0.2) is 17.3 Å². The minimum atomic E-state index is -2.59. The fraction of sp³-hybridized carbons (Fsp3) is 0.400. The van der Waals surface area contributed by atoms with E-state index in [4.69, 9.17) is 14.9 Å². The predicted octanol–water partition coefficient (Wildman–Crippen LogP) is 4.87. The van der Waals surface area contributed by atoms with Crippen molar-refractivity contribution < 1.29 is 22.7 Å². The number of ether oxygens (including phenoxy) is 1. The summed E-state index contributed by atoms with van der Waals surface area (Å²) in [6.07, 6.45) is 0.457. The van der Waals surface area contributed by atoms with Crippen LogP contribution in [-0.2, 0) is 12.0 Å². The van der Waals surface area contributed by atoms with E-state index in [1.165, 1.54) is 11.3 Å². The molecule has 0 saturated heterocycles. The summed E-state index contributed by atoms with van der Waals surface area (Å²) in [5.74, 6) is -0.0407. The maximum Gasteiger partial charge on any atom is 0.252 e. The fourth-order valence-electron chi connectivity index (χ4n) is 3.96. The first-order valence-corrected chi connectivity index (χ1v) is 9.84. The van der Waals surface area contributed by atoms with Crippen molar-refractivity contribution in [1.82, 2.24) is 4.98 Å². The van der Waals surface area contributed by atoms with Crippen LogP contribution in [0.2, 0.25) is 0 Å². The molecular weight excluding hydrogens is 386 g/mol. The third-order valence-corrected chi connectivity index (χ3v) is 6.33. The standard InChI is InChI=1S/C20H20F2N2O3S/c1-10-15(18(23)25)16-13(27-10)4-5-14(26-9-12-8-24-11(2)28-12)17(16)20(19(21)22)6-3-7-20/h4-5,8,19H,3,6-7,9H2,1-2H3,(H2,23,25). The molecule has 0 spiro atoms. The molecule has 2 N–H and O–H groups in total. The Labute approximate surface area is 164 Å². The molecule has 2 aromatic heterocycles. The number of aryl methyl sites for hydroxylation is 2. The number of furan rings is 1. The van der Waals surface area contributed by atoms with Gasteiger partial charge in [0.25, 0.3) is 5.91 Å². The van der Waals surface area contributed by atoms with Crippen LogP contribution in [0.5, 0.6) is 5.75 Å². The van der Waals surface area contributed by atoms with Gasteiger partial charge in [-0.05, 0) is 38.8 Å². The first-order valence-electron chi connectivity index (χ1n) is 9.02. The summed E-state index contributed by atoms with van der Waals surface area (Å²) < 4.78 is 40.1. The van der Waals surface area contributed by atoms with Crippen molar-refractivity contribution in [1.29, 1.82) is 0 Å². The molecule has 5 nitrogen and oxygen atoms in total. The Morgan fingerprint density at radius 3 is 2.68 bits per heavy atom. The minimum absolute atomic E-state index is 0.149. The molecule has 1 aliphatic rings. The van der Waals surface area contributed by atoms with E-state index in [2.05, 4.69) is 4.98 Å². The molecule has 0 radical (unpaired) electrons. The topological polar surface area (TPSA) is 78.3 Å². The quantitative estimate of drug-likeness (QED) is 0.633. The molecule has 1 amide bonds. The van der Waals surface area contributed by atoms with Crippen LogP contribution < -0.4 is 10.5 Å². The van der Waals surface area contributed by atoms with Gasteiger partial charge in [-0.2, -0.15) is 0 Å². The summed E-state index contributed by atoms with van der Waals surface area (Å²) in [6.45, 7) is 3.71. The summed E-state index contributed by atoms with van der Waals surface area (Å²) in [4.78, 5) is 17.2. The third kappa shape index (κ3) is 2.87. The molecule has 1 fully saturated rings. The molecular formula is C20H20F2N2O3S. The highest BCUT2D eigenvalue weighted by Gasteiger charge is 2.50. The van der Waals surface area contributed by atoms with E-state index >= 15 is 0 Å². The maximum atomic E-state index is 14.2. The van der Waals surface area contributed by atoms with Crippen LogP contribution in [0.15, 0.2) is 22.7 Å². The Balaban J connectivity index is 1.90.